The maximum absolute atomic E-state index is 12.4. The van der Waals surface area contributed by atoms with Crippen LogP contribution in [0.2, 0.25) is 0 Å². The summed E-state index contributed by atoms with van der Waals surface area (Å²) in [5.74, 6) is 1.52. The number of piperazine rings is 1. The molecule has 1 aliphatic heterocycles. The van der Waals surface area contributed by atoms with Gasteiger partial charge < -0.3 is 9.80 Å². The smallest absolute Gasteiger partial charge is 0.246 e. The molecule has 136 valence electrons. The van der Waals surface area contributed by atoms with Crippen molar-refractivity contribution in [3.63, 3.8) is 0 Å². The first-order chi connectivity index (χ1) is 13.3. The first-order valence-electron chi connectivity index (χ1n) is 8.73. The molecule has 0 aliphatic carbocycles. The lowest BCUT2D eigenvalue weighted by molar-refractivity contribution is -0.126. The number of carbonyl (C=O) groups excluding carboxylic acids is 1. The Kier molecular flexibility index (Phi) is 4.86. The number of aromatic nitrogens is 5. The van der Waals surface area contributed by atoms with E-state index in [0.29, 0.717) is 18.9 Å². The maximum Gasteiger partial charge on any atom is 0.246 e. The molecule has 0 atom stereocenters. The monoisotopic (exact) mass is 361 g/mol. The van der Waals surface area contributed by atoms with Crippen molar-refractivity contribution in [1.82, 2.24) is 29.6 Å². The van der Waals surface area contributed by atoms with Crippen LogP contribution in [0, 0.1) is 0 Å². The summed E-state index contributed by atoms with van der Waals surface area (Å²) in [7, 11) is 0. The van der Waals surface area contributed by atoms with E-state index in [1.807, 2.05) is 47.4 Å². The maximum atomic E-state index is 12.4. The lowest BCUT2D eigenvalue weighted by Crippen LogP contribution is -2.48. The fourth-order valence-electron chi connectivity index (χ4n) is 2.95. The summed E-state index contributed by atoms with van der Waals surface area (Å²) < 4.78 is 1.60. The lowest BCUT2D eigenvalue weighted by atomic mass is 10.2. The van der Waals surface area contributed by atoms with Crippen LogP contribution < -0.4 is 4.90 Å². The van der Waals surface area contributed by atoms with E-state index >= 15 is 0 Å². The average molecular weight is 361 g/mol. The lowest BCUT2D eigenvalue weighted by Gasteiger charge is -2.34. The third kappa shape index (κ3) is 4.00. The van der Waals surface area contributed by atoms with Crippen molar-refractivity contribution in [3.05, 3.63) is 67.0 Å². The summed E-state index contributed by atoms with van der Waals surface area (Å²) in [5.41, 5.74) is 1.02. The number of hydrogen-bond donors (Lipinski definition) is 0. The summed E-state index contributed by atoms with van der Waals surface area (Å²) in [6.07, 6.45) is 8.07. The second-order valence-corrected chi connectivity index (χ2v) is 6.13. The van der Waals surface area contributed by atoms with Crippen LogP contribution in [0.4, 0.5) is 5.82 Å². The third-order valence-electron chi connectivity index (χ3n) is 4.42. The van der Waals surface area contributed by atoms with E-state index in [1.54, 1.807) is 17.1 Å². The Morgan fingerprint density at radius 2 is 1.74 bits per heavy atom. The van der Waals surface area contributed by atoms with Gasteiger partial charge in [0.15, 0.2) is 5.82 Å². The molecule has 3 aromatic rings. The van der Waals surface area contributed by atoms with E-state index in [4.69, 9.17) is 0 Å². The van der Waals surface area contributed by atoms with E-state index in [1.165, 1.54) is 12.7 Å². The molecule has 1 aromatic carbocycles. The van der Waals surface area contributed by atoms with E-state index < -0.39 is 0 Å². The van der Waals surface area contributed by atoms with Gasteiger partial charge in [0.05, 0.1) is 0 Å². The van der Waals surface area contributed by atoms with E-state index in [9.17, 15) is 4.79 Å². The van der Waals surface area contributed by atoms with Crippen molar-refractivity contribution in [3.8, 4) is 5.82 Å². The largest absolute Gasteiger partial charge is 0.353 e. The Bertz CT molecular complexity index is 916. The van der Waals surface area contributed by atoms with Crippen molar-refractivity contribution in [2.24, 2.45) is 0 Å². The van der Waals surface area contributed by atoms with Gasteiger partial charge in [0.2, 0.25) is 5.91 Å². The van der Waals surface area contributed by atoms with Crippen molar-refractivity contribution < 1.29 is 4.79 Å². The van der Waals surface area contributed by atoms with Crippen LogP contribution in [-0.2, 0) is 4.79 Å². The fourth-order valence-corrected chi connectivity index (χ4v) is 2.95. The zero-order valence-corrected chi connectivity index (χ0v) is 14.7. The van der Waals surface area contributed by atoms with Gasteiger partial charge in [-0.1, -0.05) is 30.3 Å². The predicted octanol–water partition coefficient (Wildman–Crippen LogP) is 1.42. The Labute approximate surface area is 156 Å². The van der Waals surface area contributed by atoms with Crippen molar-refractivity contribution >= 4 is 17.8 Å². The van der Waals surface area contributed by atoms with Crippen LogP contribution in [0.25, 0.3) is 11.9 Å². The molecule has 27 heavy (non-hydrogen) atoms. The fraction of sp³-hybridized carbons (Fsp3) is 0.211. The van der Waals surface area contributed by atoms with Crippen LogP contribution in [0.15, 0.2) is 61.5 Å². The molecule has 2 aromatic heterocycles. The quantitative estimate of drug-likeness (QED) is 0.654. The van der Waals surface area contributed by atoms with E-state index in [-0.39, 0.29) is 5.91 Å². The van der Waals surface area contributed by atoms with Crippen LogP contribution >= 0.6 is 0 Å². The van der Waals surface area contributed by atoms with Crippen LogP contribution in [-0.4, -0.2) is 61.7 Å². The summed E-state index contributed by atoms with van der Waals surface area (Å²) in [6, 6.07) is 11.7. The third-order valence-corrected chi connectivity index (χ3v) is 4.42. The Morgan fingerprint density at radius 3 is 2.48 bits per heavy atom. The zero-order chi connectivity index (χ0) is 18.5. The molecule has 8 nitrogen and oxygen atoms in total. The predicted molar refractivity (Wildman–Crippen MR) is 101 cm³/mol. The van der Waals surface area contributed by atoms with Gasteiger partial charge in [-0.2, -0.15) is 5.10 Å². The highest BCUT2D eigenvalue weighted by Crippen LogP contribution is 2.15. The minimum atomic E-state index is 0.0319. The topological polar surface area (TPSA) is 80.0 Å². The minimum Gasteiger partial charge on any atom is -0.353 e. The molecule has 3 heterocycles. The highest BCUT2D eigenvalue weighted by atomic mass is 16.2. The molecule has 1 saturated heterocycles. The van der Waals surface area contributed by atoms with Gasteiger partial charge in [-0.05, 0) is 11.6 Å². The van der Waals surface area contributed by atoms with Gasteiger partial charge in [0.25, 0.3) is 0 Å². The molecule has 1 fully saturated rings. The molecule has 0 bridgehead atoms. The summed E-state index contributed by atoms with van der Waals surface area (Å²) >= 11 is 0. The molecule has 1 aliphatic rings. The second kappa shape index (κ2) is 7.77. The first-order valence-corrected chi connectivity index (χ1v) is 8.73. The van der Waals surface area contributed by atoms with Gasteiger partial charge in [0, 0.05) is 38.3 Å². The Hall–Kier alpha value is -3.55. The second-order valence-electron chi connectivity index (χ2n) is 6.13. The molecule has 0 spiro atoms. The highest BCUT2D eigenvalue weighted by molar-refractivity contribution is 5.91. The molecular weight excluding hydrogens is 342 g/mol. The first kappa shape index (κ1) is 16.9. The van der Waals surface area contributed by atoms with Gasteiger partial charge >= 0.3 is 0 Å². The highest BCUT2D eigenvalue weighted by Gasteiger charge is 2.21. The number of hydrogen-bond acceptors (Lipinski definition) is 6. The Balaban J connectivity index is 1.37. The zero-order valence-electron chi connectivity index (χ0n) is 14.7. The van der Waals surface area contributed by atoms with Gasteiger partial charge in [0.1, 0.15) is 24.8 Å². The molecule has 0 unspecified atom stereocenters. The minimum absolute atomic E-state index is 0.0319. The molecule has 8 heteroatoms. The van der Waals surface area contributed by atoms with Crippen LogP contribution in [0.3, 0.4) is 0 Å². The van der Waals surface area contributed by atoms with Crippen LogP contribution in [0.5, 0.6) is 0 Å². The van der Waals surface area contributed by atoms with Crippen molar-refractivity contribution in [2.45, 2.75) is 0 Å². The molecule has 0 saturated carbocycles. The molecule has 4 rings (SSSR count). The molecule has 0 radical (unpaired) electrons. The molecule has 1 amide bonds. The van der Waals surface area contributed by atoms with E-state index in [0.717, 1.165) is 24.5 Å². The normalized spacial score (nSPS) is 14.7. The number of rotatable bonds is 4. The number of nitrogens with zero attached hydrogens (tertiary/aromatic N) is 7. The Morgan fingerprint density at radius 1 is 0.963 bits per heavy atom. The molecule has 0 N–H and O–H groups in total. The van der Waals surface area contributed by atoms with E-state index in [2.05, 4.69) is 25.0 Å². The SMILES string of the molecule is O=C(/C=C/c1ccccc1)N1CCN(c2cc(-n3cncn3)ncn2)CC1. The number of carbonyl (C=O) groups is 1. The number of anilines is 1. The number of amides is 1. The molecular formula is C19H19N7O. The van der Waals surface area contributed by atoms with Crippen molar-refractivity contribution in [2.75, 3.05) is 31.1 Å². The standard InChI is InChI=1S/C19H19N7O/c27-19(7-6-16-4-2-1-3-5-16)25-10-8-24(9-11-25)17-12-18(22-14-21-17)26-15-20-13-23-26/h1-7,12-15H,8-11H2/b7-6+. The van der Waals surface area contributed by atoms with Gasteiger partial charge in [-0.15, -0.1) is 0 Å². The van der Waals surface area contributed by atoms with Gasteiger partial charge in [-0.3, -0.25) is 4.79 Å². The van der Waals surface area contributed by atoms with Crippen LogP contribution in [0.1, 0.15) is 5.56 Å². The van der Waals surface area contributed by atoms with Gasteiger partial charge in [-0.25, -0.2) is 19.6 Å². The summed E-state index contributed by atoms with van der Waals surface area (Å²) in [5, 5.41) is 4.09. The summed E-state index contributed by atoms with van der Waals surface area (Å²) in [6.45, 7) is 2.75. The average Bonchev–Trinajstić information content (AvgIpc) is 3.28. The summed E-state index contributed by atoms with van der Waals surface area (Å²) in [4.78, 5) is 28.9. The van der Waals surface area contributed by atoms with Crippen molar-refractivity contribution in [1.29, 1.82) is 0 Å². The number of benzene rings is 1.